The van der Waals surface area contributed by atoms with Gasteiger partial charge in [-0.25, -0.2) is 0 Å². The fraction of sp³-hybridized carbons (Fsp3) is 0.188. The summed E-state index contributed by atoms with van der Waals surface area (Å²) in [5.41, 5.74) is 1.68. The first kappa shape index (κ1) is 16.1. The molecule has 0 aliphatic heterocycles. The zero-order valence-corrected chi connectivity index (χ0v) is 13.3. The molecule has 0 aliphatic carbocycles. The van der Waals surface area contributed by atoms with E-state index in [-0.39, 0.29) is 18.8 Å². The summed E-state index contributed by atoms with van der Waals surface area (Å²) in [7, 11) is 0. The molecule has 1 heterocycles. The highest BCUT2D eigenvalue weighted by atomic mass is 35.5. The number of aromatic hydroxyl groups is 1. The van der Waals surface area contributed by atoms with Gasteiger partial charge in [-0.05, 0) is 36.8 Å². The number of fused-ring (bicyclic) bond motifs is 1. The van der Waals surface area contributed by atoms with Crippen molar-refractivity contribution in [1.82, 2.24) is 15.0 Å². The summed E-state index contributed by atoms with van der Waals surface area (Å²) in [6.45, 7) is 0.257. The highest BCUT2D eigenvalue weighted by Gasteiger charge is 2.10. The molecule has 24 heavy (non-hydrogen) atoms. The molecule has 0 bridgehead atoms. The lowest BCUT2D eigenvalue weighted by atomic mass is 10.3. The predicted molar refractivity (Wildman–Crippen MR) is 87.9 cm³/mol. The Morgan fingerprint density at radius 3 is 2.71 bits per heavy atom. The van der Waals surface area contributed by atoms with Crippen LogP contribution < -0.4 is 4.74 Å². The third-order valence-corrected chi connectivity index (χ3v) is 3.54. The van der Waals surface area contributed by atoms with Crippen molar-refractivity contribution in [3.8, 4) is 17.2 Å². The highest BCUT2D eigenvalue weighted by Crippen LogP contribution is 2.27. The Morgan fingerprint density at radius 1 is 1.17 bits per heavy atom. The molecule has 3 aromatic rings. The van der Waals surface area contributed by atoms with Crippen molar-refractivity contribution in [3.63, 3.8) is 0 Å². The van der Waals surface area contributed by atoms with E-state index in [9.17, 15) is 9.90 Å². The molecule has 124 valence electrons. The van der Waals surface area contributed by atoms with Gasteiger partial charge in [0.05, 0.1) is 6.61 Å². The number of ether oxygens (including phenoxy) is 1. The molecule has 3 rings (SSSR count). The van der Waals surface area contributed by atoms with Gasteiger partial charge in [-0.1, -0.05) is 11.6 Å². The number of hydrogen-bond donors (Lipinski definition) is 2. The maximum atomic E-state index is 10.4. The van der Waals surface area contributed by atoms with Crippen LogP contribution in [0.4, 0.5) is 0 Å². The number of aliphatic carboxylic acids is 1. The molecule has 0 saturated carbocycles. The number of halogens is 1. The summed E-state index contributed by atoms with van der Waals surface area (Å²) in [5.74, 6) is -0.466. The van der Waals surface area contributed by atoms with Gasteiger partial charge in [-0.2, -0.15) is 0 Å². The van der Waals surface area contributed by atoms with E-state index in [1.807, 2.05) is 0 Å². The summed E-state index contributed by atoms with van der Waals surface area (Å²) >= 11 is 5.93. The first-order valence-corrected chi connectivity index (χ1v) is 7.61. The normalized spacial score (nSPS) is 10.9. The summed E-state index contributed by atoms with van der Waals surface area (Å²) in [5, 5.41) is 27.9. The molecule has 0 atom stereocenters. The molecule has 7 nitrogen and oxygen atoms in total. The van der Waals surface area contributed by atoms with E-state index in [4.69, 9.17) is 21.4 Å². The number of hydrogen-bond acceptors (Lipinski definition) is 5. The lowest BCUT2D eigenvalue weighted by molar-refractivity contribution is -0.137. The smallest absolute Gasteiger partial charge is 0.303 e. The minimum atomic E-state index is -0.867. The van der Waals surface area contributed by atoms with Crippen molar-refractivity contribution in [2.45, 2.75) is 12.8 Å². The minimum Gasteiger partial charge on any atom is -0.505 e. The van der Waals surface area contributed by atoms with E-state index < -0.39 is 5.97 Å². The van der Waals surface area contributed by atoms with Gasteiger partial charge < -0.3 is 14.9 Å². The first-order chi connectivity index (χ1) is 11.5. The van der Waals surface area contributed by atoms with Crippen molar-refractivity contribution >= 4 is 28.6 Å². The molecule has 0 fully saturated rings. The summed E-state index contributed by atoms with van der Waals surface area (Å²) in [6.07, 6.45) is 0.432. The molecule has 0 unspecified atom stereocenters. The minimum absolute atomic E-state index is 0.0381. The molecule has 2 N–H and O–H groups in total. The second-order valence-electron chi connectivity index (χ2n) is 5.12. The van der Waals surface area contributed by atoms with Crippen LogP contribution in [-0.2, 0) is 4.79 Å². The molecule has 0 amide bonds. The summed E-state index contributed by atoms with van der Waals surface area (Å²) < 4.78 is 5.41. The van der Waals surface area contributed by atoms with E-state index in [0.717, 1.165) is 0 Å². The Morgan fingerprint density at radius 2 is 1.96 bits per heavy atom. The van der Waals surface area contributed by atoms with E-state index in [1.54, 1.807) is 30.3 Å². The van der Waals surface area contributed by atoms with Crippen molar-refractivity contribution in [2.75, 3.05) is 6.61 Å². The van der Waals surface area contributed by atoms with Crippen LogP contribution in [0.5, 0.6) is 11.5 Å². The van der Waals surface area contributed by atoms with Crippen molar-refractivity contribution in [3.05, 3.63) is 41.4 Å². The lowest BCUT2D eigenvalue weighted by Gasteiger charge is -2.08. The van der Waals surface area contributed by atoms with Crippen LogP contribution in [-0.4, -0.2) is 37.8 Å². The lowest BCUT2D eigenvalue weighted by Crippen LogP contribution is -2.03. The number of carbonyl (C=O) groups is 1. The van der Waals surface area contributed by atoms with Crippen LogP contribution in [0.2, 0.25) is 5.02 Å². The van der Waals surface area contributed by atoms with Crippen LogP contribution in [0.25, 0.3) is 16.7 Å². The van der Waals surface area contributed by atoms with E-state index in [1.165, 1.54) is 10.9 Å². The third-order valence-electron chi connectivity index (χ3n) is 3.31. The standard InChI is InChI=1S/C16H14ClN3O4/c17-10-3-5-12-13(8-10)19-20(18-12)14-6-4-11(9-15(14)21)24-7-1-2-16(22)23/h3-6,8-9,21H,1-2,7H2,(H,22,23). The molecule has 2 aromatic carbocycles. The Balaban J connectivity index is 1.77. The third kappa shape index (κ3) is 3.57. The van der Waals surface area contributed by atoms with Crippen molar-refractivity contribution in [2.24, 2.45) is 0 Å². The number of phenolic OH excluding ortho intramolecular Hbond substituents is 1. The fourth-order valence-electron chi connectivity index (χ4n) is 2.17. The monoisotopic (exact) mass is 347 g/mol. The topological polar surface area (TPSA) is 97.5 Å². The summed E-state index contributed by atoms with van der Waals surface area (Å²) in [6, 6.07) is 9.89. The van der Waals surface area contributed by atoms with Gasteiger partial charge in [-0.15, -0.1) is 15.0 Å². The van der Waals surface area contributed by atoms with Crippen molar-refractivity contribution in [1.29, 1.82) is 0 Å². The van der Waals surface area contributed by atoms with E-state index >= 15 is 0 Å². The van der Waals surface area contributed by atoms with Gasteiger partial charge in [-0.3, -0.25) is 4.79 Å². The van der Waals surface area contributed by atoms with Crippen LogP contribution in [0.15, 0.2) is 36.4 Å². The first-order valence-electron chi connectivity index (χ1n) is 7.23. The Hall–Kier alpha value is -2.80. The number of phenols is 1. The number of nitrogens with zero attached hydrogens (tertiary/aromatic N) is 3. The second-order valence-corrected chi connectivity index (χ2v) is 5.56. The van der Waals surface area contributed by atoms with Gasteiger partial charge in [0, 0.05) is 17.5 Å². The average molecular weight is 348 g/mol. The molecule has 0 aliphatic rings. The van der Waals surface area contributed by atoms with Crippen LogP contribution >= 0.6 is 11.6 Å². The van der Waals surface area contributed by atoms with Crippen LogP contribution in [0, 0.1) is 0 Å². The summed E-state index contributed by atoms with van der Waals surface area (Å²) in [4.78, 5) is 11.8. The fourth-order valence-corrected chi connectivity index (χ4v) is 2.34. The molecule has 1 aromatic heterocycles. The Kier molecular flexibility index (Phi) is 4.52. The van der Waals surface area contributed by atoms with Gasteiger partial charge >= 0.3 is 5.97 Å². The number of carboxylic acid groups (broad SMARTS) is 1. The second kappa shape index (κ2) is 6.76. The number of carboxylic acids is 1. The Labute approximate surface area is 142 Å². The maximum Gasteiger partial charge on any atom is 0.303 e. The number of benzene rings is 2. The molecular formula is C16H14ClN3O4. The van der Waals surface area contributed by atoms with E-state index in [2.05, 4.69) is 10.2 Å². The number of rotatable bonds is 6. The van der Waals surface area contributed by atoms with Gasteiger partial charge in [0.25, 0.3) is 0 Å². The van der Waals surface area contributed by atoms with E-state index in [0.29, 0.717) is 33.9 Å². The number of aromatic nitrogens is 3. The average Bonchev–Trinajstić information content (AvgIpc) is 2.94. The van der Waals surface area contributed by atoms with Gasteiger partial charge in [0.2, 0.25) is 0 Å². The molecular weight excluding hydrogens is 334 g/mol. The van der Waals surface area contributed by atoms with Crippen LogP contribution in [0.3, 0.4) is 0 Å². The largest absolute Gasteiger partial charge is 0.505 e. The zero-order valence-electron chi connectivity index (χ0n) is 12.5. The predicted octanol–water partition coefficient (Wildman–Crippen LogP) is 3.02. The molecule has 0 spiro atoms. The molecule has 0 radical (unpaired) electrons. The zero-order chi connectivity index (χ0) is 17.1. The molecule has 8 heteroatoms. The van der Waals surface area contributed by atoms with Gasteiger partial charge in [0.15, 0.2) is 0 Å². The highest BCUT2D eigenvalue weighted by molar-refractivity contribution is 6.31. The van der Waals surface area contributed by atoms with Crippen LogP contribution in [0.1, 0.15) is 12.8 Å². The van der Waals surface area contributed by atoms with Gasteiger partial charge in [0.1, 0.15) is 28.2 Å². The molecule has 0 saturated heterocycles. The SMILES string of the molecule is O=C(O)CCCOc1ccc(-n2nc3ccc(Cl)cc3n2)c(O)c1. The Bertz CT molecular complexity index is 894. The van der Waals surface area contributed by atoms with Crippen molar-refractivity contribution < 1.29 is 19.7 Å². The quantitative estimate of drug-likeness (QED) is 0.665. The maximum absolute atomic E-state index is 10.4.